The summed E-state index contributed by atoms with van der Waals surface area (Å²) in [7, 11) is 1.81. The molecule has 2 fully saturated rings. The normalized spacial score (nSPS) is 25.3. The van der Waals surface area contributed by atoms with Gasteiger partial charge in [0.15, 0.2) is 11.5 Å². The molecule has 2 N–H and O–H groups in total. The molecule has 186 valence electrons. The Labute approximate surface area is 204 Å². The van der Waals surface area contributed by atoms with Crippen LogP contribution in [-0.4, -0.2) is 79.8 Å². The number of hydrogen-bond acceptors (Lipinski definition) is 9. The summed E-state index contributed by atoms with van der Waals surface area (Å²) in [5.41, 5.74) is -0.243. The Bertz CT molecular complexity index is 1230. The maximum atomic E-state index is 14.1. The number of ether oxygens (including phenoxy) is 1. The molecule has 4 heterocycles. The van der Waals surface area contributed by atoms with Gasteiger partial charge in [-0.3, -0.25) is 9.80 Å². The van der Waals surface area contributed by atoms with Crippen LogP contribution in [0.3, 0.4) is 0 Å². The fraction of sp³-hybridized carbons (Fsp3) is 0.435. The van der Waals surface area contributed by atoms with E-state index in [9.17, 15) is 23.8 Å². The third-order valence-electron chi connectivity index (χ3n) is 6.75. The highest BCUT2D eigenvalue weighted by Crippen LogP contribution is 2.42. The highest BCUT2D eigenvalue weighted by Gasteiger charge is 2.54. The van der Waals surface area contributed by atoms with Crippen molar-refractivity contribution in [2.45, 2.75) is 38.0 Å². The van der Waals surface area contributed by atoms with E-state index in [-0.39, 0.29) is 23.3 Å². The summed E-state index contributed by atoms with van der Waals surface area (Å²) in [6.07, 6.45) is 1.63. The molecule has 1 aromatic carbocycles. The van der Waals surface area contributed by atoms with Crippen molar-refractivity contribution in [3.8, 4) is 0 Å². The molecule has 35 heavy (non-hydrogen) atoms. The number of aromatic nitrogens is 2. The number of hydrogen-bond donors (Lipinski definition) is 2. The summed E-state index contributed by atoms with van der Waals surface area (Å²) in [6.45, 7) is 3.19. The third kappa shape index (κ3) is 3.80. The molecule has 0 saturated carbocycles. The minimum atomic E-state index is -1.49. The van der Waals surface area contributed by atoms with E-state index in [1.54, 1.807) is 16.1 Å². The highest BCUT2D eigenvalue weighted by atomic mass is 32.1. The summed E-state index contributed by atoms with van der Waals surface area (Å²) in [5.74, 6) is -2.23. The van der Waals surface area contributed by atoms with Gasteiger partial charge < -0.3 is 19.8 Å². The standard InChI is InChI=1S/C23H25F2N5O4S/c1-3-29-22(33)18-20(32)19(31)15(11-30(18)28(2)23(29)7-4-8-34-12-23)21-27-26-17(35-21)9-13-5-6-14(24)10-16(13)25/h5-6,10-11,19,31-32H,3-4,7-9,12H2,1-2H3. The Morgan fingerprint density at radius 1 is 1.31 bits per heavy atom. The van der Waals surface area contributed by atoms with E-state index in [1.165, 1.54) is 12.1 Å². The van der Waals surface area contributed by atoms with Crippen molar-refractivity contribution in [1.82, 2.24) is 25.1 Å². The zero-order valence-corrected chi connectivity index (χ0v) is 20.1. The summed E-state index contributed by atoms with van der Waals surface area (Å²) in [6, 6.07) is 3.33. The van der Waals surface area contributed by atoms with Crippen LogP contribution in [0.2, 0.25) is 0 Å². The number of nitrogens with zero attached hydrogens (tertiary/aromatic N) is 5. The molecule has 0 radical (unpaired) electrons. The maximum Gasteiger partial charge on any atom is 0.277 e. The van der Waals surface area contributed by atoms with Crippen LogP contribution in [0.25, 0.3) is 5.57 Å². The number of rotatable bonds is 4. The fourth-order valence-corrected chi connectivity index (χ4v) is 5.81. The van der Waals surface area contributed by atoms with Gasteiger partial charge in [-0.1, -0.05) is 17.4 Å². The molecule has 5 rings (SSSR count). The molecule has 1 spiro atoms. The zero-order chi connectivity index (χ0) is 24.9. The molecule has 3 aliphatic rings. The van der Waals surface area contributed by atoms with Crippen LogP contribution in [0, 0.1) is 11.6 Å². The summed E-state index contributed by atoms with van der Waals surface area (Å²) in [4.78, 5) is 15.1. The number of aliphatic hydroxyl groups excluding tert-OH is 2. The smallest absolute Gasteiger partial charge is 0.277 e. The van der Waals surface area contributed by atoms with Gasteiger partial charge >= 0.3 is 0 Å². The molecule has 2 atom stereocenters. The summed E-state index contributed by atoms with van der Waals surface area (Å²) in [5, 5.41) is 34.2. The van der Waals surface area contributed by atoms with Gasteiger partial charge in [0.2, 0.25) is 0 Å². The van der Waals surface area contributed by atoms with Gasteiger partial charge in [0.1, 0.15) is 33.4 Å². The predicted molar refractivity (Wildman–Crippen MR) is 122 cm³/mol. The van der Waals surface area contributed by atoms with E-state index in [4.69, 9.17) is 4.74 Å². The van der Waals surface area contributed by atoms with E-state index in [0.29, 0.717) is 36.2 Å². The number of halogens is 2. The first kappa shape index (κ1) is 23.8. The van der Waals surface area contributed by atoms with Crippen LogP contribution in [0.1, 0.15) is 35.3 Å². The van der Waals surface area contributed by atoms with E-state index < -0.39 is 35.1 Å². The quantitative estimate of drug-likeness (QED) is 0.653. The Hall–Kier alpha value is -2.93. The number of hydrazine groups is 1. The average molecular weight is 506 g/mol. The van der Waals surface area contributed by atoms with Crippen molar-refractivity contribution in [1.29, 1.82) is 0 Å². The van der Waals surface area contributed by atoms with Crippen LogP contribution < -0.4 is 0 Å². The molecule has 2 aromatic rings. The highest BCUT2D eigenvalue weighted by molar-refractivity contribution is 7.12. The van der Waals surface area contributed by atoms with Gasteiger partial charge in [0.05, 0.1) is 6.61 Å². The lowest BCUT2D eigenvalue weighted by Gasteiger charge is -2.58. The largest absolute Gasteiger partial charge is 0.507 e. The van der Waals surface area contributed by atoms with Crippen molar-refractivity contribution in [3.63, 3.8) is 0 Å². The van der Waals surface area contributed by atoms with Gasteiger partial charge in [0, 0.05) is 44.5 Å². The van der Waals surface area contributed by atoms with E-state index in [0.717, 1.165) is 23.8 Å². The monoisotopic (exact) mass is 505 g/mol. The number of carbonyl (C=O) groups is 1. The lowest BCUT2D eigenvalue weighted by molar-refractivity contribution is -0.211. The molecule has 2 unspecified atom stereocenters. The summed E-state index contributed by atoms with van der Waals surface area (Å²) >= 11 is 1.12. The van der Waals surface area contributed by atoms with E-state index in [2.05, 4.69) is 10.2 Å². The van der Waals surface area contributed by atoms with Crippen molar-refractivity contribution >= 4 is 22.8 Å². The topological polar surface area (TPSA) is 102 Å². The number of amides is 1. The molecule has 1 aromatic heterocycles. The van der Waals surface area contributed by atoms with Gasteiger partial charge in [-0.25, -0.2) is 8.78 Å². The van der Waals surface area contributed by atoms with Crippen LogP contribution in [0.15, 0.2) is 35.9 Å². The van der Waals surface area contributed by atoms with Gasteiger partial charge in [-0.15, -0.1) is 10.2 Å². The molecule has 0 aliphatic carbocycles. The van der Waals surface area contributed by atoms with Crippen molar-refractivity contribution < 1.29 is 28.5 Å². The zero-order valence-electron chi connectivity index (χ0n) is 19.2. The van der Waals surface area contributed by atoms with Crippen molar-refractivity contribution in [2.75, 3.05) is 26.8 Å². The molecular weight excluding hydrogens is 480 g/mol. The Morgan fingerprint density at radius 2 is 2.11 bits per heavy atom. The SMILES string of the molecule is CCN1C(=O)C2=C(O)C(O)C(c3nnc(Cc4ccc(F)cc4F)s3)=CN2N(C)C12CCCOC2. The van der Waals surface area contributed by atoms with E-state index in [1.807, 2.05) is 19.0 Å². The number of benzene rings is 1. The van der Waals surface area contributed by atoms with Gasteiger partial charge in [0.25, 0.3) is 5.91 Å². The average Bonchev–Trinajstić information content (AvgIpc) is 3.30. The lowest BCUT2D eigenvalue weighted by Crippen LogP contribution is -2.73. The second-order valence-electron chi connectivity index (χ2n) is 8.69. The molecule has 9 nitrogen and oxygen atoms in total. The lowest BCUT2D eigenvalue weighted by atomic mass is 9.95. The molecule has 1 amide bonds. The Balaban J connectivity index is 1.49. The number of carbonyl (C=O) groups excluding carboxylic acids is 1. The van der Waals surface area contributed by atoms with Crippen molar-refractivity contribution in [3.05, 3.63) is 63.1 Å². The maximum absolute atomic E-state index is 14.1. The first-order valence-electron chi connectivity index (χ1n) is 11.3. The minimum absolute atomic E-state index is 0.0279. The molecular formula is C23H25F2N5O4S. The minimum Gasteiger partial charge on any atom is -0.507 e. The van der Waals surface area contributed by atoms with Crippen LogP contribution in [-0.2, 0) is 16.0 Å². The number of fused-ring (bicyclic) bond motifs is 1. The van der Waals surface area contributed by atoms with E-state index >= 15 is 0 Å². The second-order valence-corrected chi connectivity index (χ2v) is 9.75. The van der Waals surface area contributed by atoms with Gasteiger partial charge in [-0.2, -0.15) is 5.01 Å². The first-order valence-corrected chi connectivity index (χ1v) is 12.1. The molecule has 0 bridgehead atoms. The van der Waals surface area contributed by atoms with Crippen LogP contribution in [0.4, 0.5) is 8.78 Å². The third-order valence-corrected chi connectivity index (χ3v) is 7.72. The molecule has 12 heteroatoms. The molecule has 2 saturated heterocycles. The van der Waals surface area contributed by atoms with Crippen LogP contribution >= 0.6 is 11.3 Å². The van der Waals surface area contributed by atoms with Crippen molar-refractivity contribution in [2.24, 2.45) is 0 Å². The van der Waals surface area contributed by atoms with Crippen LogP contribution in [0.5, 0.6) is 0 Å². The Morgan fingerprint density at radius 3 is 2.80 bits per heavy atom. The fourth-order valence-electron chi connectivity index (χ4n) is 4.91. The first-order chi connectivity index (χ1) is 16.8. The number of likely N-dealkylation sites (N-methyl/N-ethyl adjacent to an activating group) is 2. The second kappa shape index (κ2) is 8.94. The van der Waals surface area contributed by atoms with Gasteiger partial charge in [-0.05, 0) is 31.4 Å². The summed E-state index contributed by atoms with van der Waals surface area (Å²) < 4.78 is 33.0. The predicted octanol–water partition coefficient (Wildman–Crippen LogP) is 2.41. The Kier molecular flexibility index (Phi) is 6.08. The molecule has 3 aliphatic heterocycles. The number of aliphatic hydroxyl groups is 2.